The number of nitrogens with two attached hydrogens (primary N) is 1. The highest BCUT2D eigenvalue weighted by molar-refractivity contribution is 7.22. The highest BCUT2D eigenvalue weighted by Crippen LogP contribution is 2.71. The number of ether oxygens (including phenoxy) is 3. The molecule has 30 heteroatoms. The largest absolute Gasteiger partial charge is 0.479 e. The second-order valence-corrected chi connectivity index (χ2v) is 29.1. The first-order chi connectivity index (χ1) is 47.0. The van der Waals surface area contributed by atoms with Gasteiger partial charge in [-0.2, -0.15) is 0 Å². The summed E-state index contributed by atoms with van der Waals surface area (Å²) in [6.07, 6.45) is 4.19. The topological polar surface area (TPSA) is 411 Å². The molecule has 526 valence electrons. The van der Waals surface area contributed by atoms with E-state index in [1.165, 1.54) is 24.5 Å². The molecule has 3 aromatic heterocycles. The number of carbonyl (C=O) groups excluding carboxylic acids is 7. The molecule has 7 amide bonds. The molecular formula is C69H83N13O16S. The number of fused-ring (bicyclic) bond motifs is 2. The second kappa shape index (κ2) is 28.8. The normalized spacial score (nSPS) is 25.5. The van der Waals surface area contributed by atoms with Crippen LogP contribution in [0.25, 0.3) is 15.8 Å². The number of aliphatic imine (C=N–C) groups is 1. The fraction of sp³-hybridized carbons (Fsp3) is 0.493. The molecule has 4 saturated carbocycles. The van der Waals surface area contributed by atoms with Crippen molar-refractivity contribution in [3.63, 3.8) is 0 Å². The summed E-state index contributed by atoms with van der Waals surface area (Å²) in [6, 6.07) is 13.5. The highest BCUT2D eigenvalue weighted by atomic mass is 32.1. The van der Waals surface area contributed by atoms with E-state index in [0.717, 1.165) is 59.4 Å². The highest BCUT2D eigenvalue weighted by Gasteiger charge is 2.66. The average molecular weight is 1380 g/mol. The van der Waals surface area contributed by atoms with Gasteiger partial charge >= 0.3 is 18.0 Å². The first-order valence-corrected chi connectivity index (χ1v) is 33.8. The summed E-state index contributed by atoms with van der Waals surface area (Å²) in [4.78, 5) is 137. The van der Waals surface area contributed by atoms with Crippen LogP contribution in [0.2, 0.25) is 0 Å². The number of aromatic nitrogens is 4. The molecule has 29 nitrogen and oxygen atoms in total. The molecule has 3 aliphatic heterocycles. The predicted molar refractivity (Wildman–Crippen MR) is 362 cm³/mol. The quantitative estimate of drug-likeness (QED) is 0.0196. The molecule has 11 N–H and O–H groups in total. The summed E-state index contributed by atoms with van der Waals surface area (Å²) in [5.74, 6) is -6.56. The molecule has 99 heavy (non-hydrogen) atoms. The minimum absolute atomic E-state index is 0.0610. The molecule has 1 saturated heterocycles. The Morgan fingerprint density at radius 3 is 2.29 bits per heavy atom. The van der Waals surface area contributed by atoms with E-state index in [9.17, 15) is 63.6 Å². The van der Waals surface area contributed by atoms with Crippen LogP contribution in [0.15, 0.2) is 84.3 Å². The number of carbonyl (C=O) groups is 9. The van der Waals surface area contributed by atoms with Gasteiger partial charge in [0.25, 0.3) is 17.7 Å². The van der Waals surface area contributed by atoms with Gasteiger partial charge < -0.3 is 71.1 Å². The van der Waals surface area contributed by atoms with Crippen molar-refractivity contribution in [2.24, 2.45) is 32.9 Å². The molecule has 4 aliphatic carbocycles. The van der Waals surface area contributed by atoms with Crippen molar-refractivity contribution in [3.05, 3.63) is 113 Å². The van der Waals surface area contributed by atoms with Crippen LogP contribution in [-0.2, 0) is 69.1 Å². The van der Waals surface area contributed by atoms with E-state index in [2.05, 4.69) is 55.4 Å². The lowest BCUT2D eigenvalue weighted by Gasteiger charge is -2.69. The number of imide groups is 1. The number of aromatic carboxylic acids is 1. The summed E-state index contributed by atoms with van der Waals surface area (Å²) < 4.78 is 21.1. The summed E-state index contributed by atoms with van der Waals surface area (Å²) in [5, 5.41) is 55.5. The number of hydrogen-bond acceptors (Lipinski definition) is 21. The van der Waals surface area contributed by atoms with Crippen LogP contribution in [0.3, 0.4) is 0 Å². The van der Waals surface area contributed by atoms with Crippen molar-refractivity contribution >= 4 is 103 Å². The van der Waals surface area contributed by atoms with Gasteiger partial charge in [-0.3, -0.25) is 44.0 Å². The minimum Gasteiger partial charge on any atom is -0.479 e. The molecule has 7 aliphatic rings. The standard InChI is InChI=1S/C69H83N13O16S/c1-37(2)55(78-52(85)27-82-53(86)17-18-54(82)87)60(89)74-39(4)59(88)75-42-13-11-41(40(23-42)12-15-49-47(83)24-48(84)58(98-49)63(93)94)28-96-65(95)71-19-22-97-69-32-66(5)29-67(6,33-69)31-68(30-66,34-69)35-72-38(3)44(25-70)43-14-16-51(77-56(43)62(91)92)80-20-21-81-36-73-57(46(81)26-80)61(90)79-64-76-45-9-7-8-10-50(45)99-64/h7-11,13-14,16-18,23,25,36-37,39,47-49,55,58,83-84H,12,15,19-22,24,26-35,70H2,1-6H3,(H,71,95)(H,74,89)(H,75,88)(H,78,85)(H,91,92)(H,93,94)(H,76,79,90)/t39-,47+,48-,49-,55?,58-,66?,67?,68?,69?/m0/s1. The fourth-order valence-corrected chi connectivity index (χ4v) is 17.0. The number of carboxylic acids is 2. The van der Waals surface area contributed by atoms with Crippen LogP contribution in [-0.4, -0.2) is 179 Å². The van der Waals surface area contributed by atoms with Gasteiger partial charge in [0.05, 0.1) is 59.3 Å². The summed E-state index contributed by atoms with van der Waals surface area (Å²) >= 11 is 1.36. The molecule has 3 unspecified atom stereocenters. The Bertz CT molecular complexity index is 4060. The first kappa shape index (κ1) is 70.8. The van der Waals surface area contributed by atoms with E-state index in [1.54, 1.807) is 50.5 Å². The van der Waals surface area contributed by atoms with E-state index < -0.39 is 108 Å². The van der Waals surface area contributed by atoms with Crippen molar-refractivity contribution in [1.29, 1.82) is 0 Å². The summed E-state index contributed by atoms with van der Waals surface area (Å²) in [6.45, 7) is 12.2. The number of rotatable bonds is 26. The molecule has 2 aromatic carbocycles. The van der Waals surface area contributed by atoms with Gasteiger partial charge in [0.15, 0.2) is 22.6 Å². The number of pyridine rings is 1. The average Bonchev–Trinajstić information content (AvgIpc) is 1.52. The third kappa shape index (κ3) is 15.8. The van der Waals surface area contributed by atoms with E-state index in [-0.39, 0.29) is 78.9 Å². The smallest absolute Gasteiger partial charge is 0.407 e. The molecule has 5 aromatic rings. The van der Waals surface area contributed by atoms with Gasteiger partial charge in [0.1, 0.15) is 31.1 Å². The van der Waals surface area contributed by atoms with Crippen LogP contribution in [0.4, 0.5) is 21.4 Å². The van der Waals surface area contributed by atoms with Gasteiger partial charge in [-0.25, -0.2) is 29.3 Å². The van der Waals surface area contributed by atoms with Crippen molar-refractivity contribution in [1.82, 2.24) is 40.4 Å². The molecular weight excluding hydrogens is 1300 g/mol. The maximum atomic E-state index is 13.6. The number of nitrogens with zero attached hydrogens (tertiary/aromatic N) is 7. The number of para-hydroxylation sites is 1. The Kier molecular flexibility index (Phi) is 20.6. The number of aryl methyl sites for hydroxylation is 1. The predicted octanol–water partition coefficient (Wildman–Crippen LogP) is 5.09. The van der Waals surface area contributed by atoms with Crippen molar-refractivity contribution in [3.8, 4) is 0 Å². The summed E-state index contributed by atoms with van der Waals surface area (Å²) in [5.41, 5.74) is 9.44. The van der Waals surface area contributed by atoms with E-state index in [0.29, 0.717) is 70.7 Å². The number of benzene rings is 2. The molecule has 12 rings (SSSR count). The van der Waals surface area contributed by atoms with Crippen molar-refractivity contribution in [2.45, 2.75) is 161 Å². The third-order valence-electron chi connectivity index (χ3n) is 19.5. The van der Waals surface area contributed by atoms with Crippen molar-refractivity contribution < 1.29 is 77.8 Å². The number of thiazole rings is 1. The number of allylic oxidation sites excluding steroid dienone is 1. The lowest BCUT2D eigenvalue weighted by molar-refractivity contribution is -0.241. The van der Waals surface area contributed by atoms with Gasteiger partial charge in [-0.15, -0.1) is 0 Å². The Labute approximate surface area is 574 Å². The van der Waals surface area contributed by atoms with Crippen LogP contribution >= 0.6 is 11.3 Å². The zero-order valence-corrected chi connectivity index (χ0v) is 56.7. The molecule has 0 spiro atoms. The summed E-state index contributed by atoms with van der Waals surface area (Å²) in [7, 11) is 0. The number of nitrogens with one attached hydrogen (secondary N) is 5. The number of amides is 7. The van der Waals surface area contributed by atoms with Gasteiger partial charge in [0, 0.05) is 73.5 Å². The monoisotopic (exact) mass is 1380 g/mol. The van der Waals surface area contributed by atoms with E-state index >= 15 is 0 Å². The van der Waals surface area contributed by atoms with Gasteiger partial charge in [0.2, 0.25) is 17.7 Å². The Morgan fingerprint density at radius 1 is 0.859 bits per heavy atom. The second-order valence-electron chi connectivity index (χ2n) is 28.1. The Morgan fingerprint density at radius 2 is 1.60 bits per heavy atom. The number of imidazole rings is 1. The number of aliphatic hydroxyl groups is 2. The van der Waals surface area contributed by atoms with E-state index in [4.69, 9.17) is 24.9 Å². The number of anilines is 3. The molecule has 4 bridgehead atoms. The van der Waals surface area contributed by atoms with Gasteiger partial charge in [-0.05, 0) is 135 Å². The zero-order valence-electron chi connectivity index (χ0n) is 55.9. The maximum absolute atomic E-state index is 13.6. The van der Waals surface area contributed by atoms with Crippen LogP contribution in [0, 0.1) is 22.2 Å². The lowest BCUT2D eigenvalue weighted by Crippen LogP contribution is -2.64. The third-order valence-corrected chi connectivity index (χ3v) is 20.5. The SMILES string of the molecule is CC(=NCC12CC3(C)CC(C)(C1)CC(OCCNC(=O)OCc1ccc(NC(=O)[C@H](C)NC(=O)C(NC(=O)CN4C(=O)C=CC4=O)C(C)C)cc1CC[C@@H]1O[C@H](C(=O)O)[C@@H](O)C[C@H]1O)(C3)C2)C(=CN)c1ccc(N2CCn3cnc(C(=O)Nc4nc5ccccc5s4)c3C2)nc1C(=O)O. The number of carboxylic acid groups (broad SMARTS) is 2. The molecule has 8 atom stereocenters. The number of hydrogen-bond donors (Lipinski definition) is 10. The number of alkyl carbamates (subject to hydrolysis) is 1. The Balaban J connectivity index is 0.704. The lowest BCUT2D eigenvalue weighted by atomic mass is 9.39. The molecule has 0 radical (unpaired) electrons. The fourth-order valence-electron chi connectivity index (χ4n) is 16.1. The zero-order chi connectivity index (χ0) is 70.9. The molecule has 5 fully saturated rings. The van der Waals surface area contributed by atoms with Crippen molar-refractivity contribution in [2.75, 3.05) is 48.3 Å². The van der Waals surface area contributed by atoms with Gasteiger partial charge in [-0.1, -0.05) is 57.2 Å². The first-order valence-electron chi connectivity index (χ1n) is 33.0. The van der Waals surface area contributed by atoms with E-state index in [1.807, 2.05) is 40.7 Å². The maximum Gasteiger partial charge on any atom is 0.407 e. The minimum atomic E-state index is -1.58. The van der Waals surface area contributed by atoms with Crippen LogP contribution < -0.4 is 37.2 Å². The number of aliphatic hydroxyl groups excluding tert-OH is 2. The molecule has 6 heterocycles. The number of aliphatic carboxylic acids is 1. The van der Waals surface area contributed by atoms with Crippen LogP contribution in [0.5, 0.6) is 0 Å². The van der Waals surface area contributed by atoms with Crippen LogP contribution in [0.1, 0.15) is 136 Å². The Hall–Kier alpha value is -9.49.